The van der Waals surface area contributed by atoms with Crippen LogP contribution in [-0.4, -0.2) is 11.1 Å². The molecule has 0 aliphatic rings. The van der Waals surface area contributed by atoms with E-state index in [-0.39, 0.29) is 32.7 Å². The van der Waals surface area contributed by atoms with Gasteiger partial charge in [0.05, 0.1) is 0 Å². The minimum atomic E-state index is -0.651. The van der Waals surface area contributed by atoms with Gasteiger partial charge in [0.1, 0.15) is 0 Å². The second-order valence-corrected chi connectivity index (χ2v) is 7.51. The van der Waals surface area contributed by atoms with Crippen LogP contribution in [0.1, 0.15) is 135 Å². The number of carbonyl (C=O) groups is 1. The summed E-state index contributed by atoms with van der Waals surface area (Å²) < 4.78 is 0. The second kappa shape index (κ2) is 30.8. The molecular formula is C22H44O4Ti. The first-order valence-electron chi connectivity index (χ1n) is 11.0. The Morgan fingerprint density at radius 1 is 0.519 bits per heavy atom. The molecule has 0 fully saturated rings. The molecule has 0 atom stereocenters. The van der Waals surface area contributed by atoms with Crippen LogP contribution in [0.2, 0.25) is 0 Å². The minimum absolute atomic E-state index is 0. The van der Waals surface area contributed by atoms with Crippen LogP contribution in [0.25, 0.3) is 0 Å². The molecule has 4 nitrogen and oxygen atoms in total. The molecular weight excluding hydrogens is 376 g/mol. The second-order valence-electron chi connectivity index (χ2n) is 7.51. The summed E-state index contributed by atoms with van der Waals surface area (Å²) in [7, 11) is 0. The number of unbranched alkanes of at least 4 members (excludes halogenated alkanes) is 18. The molecule has 5 heteroatoms. The molecule has 0 aliphatic heterocycles. The van der Waals surface area contributed by atoms with Gasteiger partial charge in [-0.1, -0.05) is 122 Å². The Hall–Kier alpha value is 0.104. The zero-order valence-corrected chi connectivity index (χ0v) is 19.4. The number of carboxylic acids is 1. The molecule has 0 saturated heterocycles. The van der Waals surface area contributed by atoms with E-state index in [0.29, 0.717) is 6.42 Å². The normalized spacial score (nSPS) is 9.81. The third kappa shape index (κ3) is 34.1. The number of rotatable bonds is 20. The quantitative estimate of drug-likeness (QED) is 0.162. The van der Waals surface area contributed by atoms with Gasteiger partial charge in [-0.25, -0.2) is 0 Å². The van der Waals surface area contributed by atoms with Gasteiger partial charge < -0.3 is 16.1 Å². The van der Waals surface area contributed by atoms with Crippen molar-refractivity contribution in [1.29, 1.82) is 0 Å². The zero-order valence-electron chi connectivity index (χ0n) is 17.8. The topological polar surface area (TPSA) is 94.3 Å². The first-order valence-corrected chi connectivity index (χ1v) is 11.0. The fraction of sp³-hybridized carbons (Fsp3) is 0.955. The number of hydrogen-bond donors (Lipinski definition) is 1. The summed E-state index contributed by atoms with van der Waals surface area (Å²) in [5, 5.41) is 8.56. The maximum Gasteiger partial charge on any atom is 4.00 e. The Balaban J connectivity index is -0.000000882. The van der Waals surface area contributed by atoms with Gasteiger partial charge in [-0.3, -0.25) is 4.79 Å². The molecule has 27 heavy (non-hydrogen) atoms. The van der Waals surface area contributed by atoms with Crippen molar-refractivity contribution in [1.82, 2.24) is 0 Å². The summed E-state index contributed by atoms with van der Waals surface area (Å²) in [4.78, 5) is 10.4. The van der Waals surface area contributed by atoms with Crippen molar-refractivity contribution < 1.29 is 42.6 Å². The van der Waals surface area contributed by atoms with Gasteiger partial charge >= 0.3 is 27.7 Å². The van der Waals surface area contributed by atoms with E-state index < -0.39 is 5.97 Å². The average Bonchev–Trinajstić information content (AvgIpc) is 2.56. The van der Waals surface area contributed by atoms with Gasteiger partial charge in [0.25, 0.3) is 0 Å². The van der Waals surface area contributed by atoms with Gasteiger partial charge in [-0.2, -0.15) is 0 Å². The molecule has 0 aromatic heterocycles. The summed E-state index contributed by atoms with van der Waals surface area (Å²) in [5.74, 6) is -0.651. The predicted molar refractivity (Wildman–Crippen MR) is 107 cm³/mol. The van der Waals surface area contributed by atoms with Crippen LogP contribution in [-0.2, 0) is 37.5 Å². The summed E-state index contributed by atoms with van der Waals surface area (Å²) in [6.07, 6.45) is 26.1. The average molecular weight is 420 g/mol. The molecule has 1 N–H and O–H groups in total. The molecule has 0 bridgehead atoms. The van der Waals surface area contributed by atoms with Crippen molar-refractivity contribution in [3.05, 3.63) is 0 Å². The minimum Gasteiger partial charge on any atom is -2.00 e. The molecule has 0 aromatic carbocycles. The van der Waals surface area contributed by atoms with E-state index in [4.69, 9.17) is 5.11 Å². The molecule has 0 spiro atoms. The monoisotopic (exact) mass is 420 g/mol. The van der Waals surface area contributed by atoms with Crippen molar-refractivity contribution in [3.63, 3.8) is 0 Å². The fourth-order valence-electron chi connectivity index (χ4n) is 3.35. The Morgan fingerprint density at radius 2 is 0.741 bits per heavy atom. The Morgan fingerprint density at radius 3 is 0.963 bits per heavy atom. The Bertz CT molecular complexity index is 263. The van der Waals surface area contributed by atoms with Crippen molar-refractivity contribution in [2.45, 2.75) is 135 Å². The van der Waals surface area contributed by atoms with E-state index in [9.17, 15) is 4.79 Å². The molecule has 0 rings (SSSR count). The summed E-state index contributed by atoms with van der Waals surface area (Å²) in [6, 6.07) is 0. The van der Waals surface area contributed by atoms with Crippen molar-refractivity contribution in [2.24, 2.45) is 0 Å². The van der Waals surface area contributed by atoms with Crippen molar-refractivity contribution in [2.75, 3.05) is 0 Å². The number of carboxylic acid groups (broad SMARTS) is 1. The molecule has 0 aromatic rings. The molecule has 160 valence electrons. The molecule has 0 aliphatic carbocycles. The first-order chi connectivity index (χ1) is 11.8. The maximum atomic E-state index is 10.4. The van der Waals surface area contributed by atoms with Gasteiger partial charge in [-0.05, 0) is 6.42 Å². The van der Waals surface area contributed by atoms with Crippen LogP contribution < -0.4 is 0 Å². The van der Waals surface area contributed by atoms with E-state index in [1.165, 1.54) is 109 Å². The summed E-state index contributed by atoms with van der Waals surface area (Å²) >= 11 is 0. The van der Waals surface area contributed by atoms with E-state index in [1.807, 2.05) is 0 Å². The third-order valence-corrected chi connectivity index (χ3v) is 4.99. The largest absolute Gasteiger partial charge is 4.00 e. The number of aliphatic carboxylic acids is 1. The van der Waals surface area contributed by atoms with Gasteiger partial charge in [0.15, 0.2) is 0 Å². The zero-order chi connectivity index (χ0) is 17.7. The van der Waals surface area contributed by atoms with Crippen LogP contribution >= 0.6 is 0 Å². The van der Waals surface area contributed by atoms with Crippen LogP contribution in [0.4, 0.5) is 0 Å². The Labute approximate surface area is 183 Å². The van der Waals surface area contributed by atoms with Crippen LogP contribution in [0.3, 0.4) is 0 Å². The fourth-order valence-corrected chi connectivity index (χ4v) is 3.35. The van der Waals surface area contributed by atoms with Crippen molar-refractivity contribution in [3.8, 4) is 0 Å². The van der Waals surface area contributed by atoms with E-state index in [2.05, 4.69) is 6.92 Å². The van der Waals surface area contributed by atoms with E-state index in [1.54, 1.807) is 0 Å². The molecule has 0 radical (unpaired) electrons. The first kappa shape index (κ1) is 34.6. The molecule has 0 heterocycles. The molecule has 0 saturated carbocycles. The standard InChI is InChI=1S/C22H44O2.2O.Ti/c1-2-3-4-5-6-7-8-9-10-11-12-13-14-15-16-17-18-19-20-21-22(23)24;;;/h2-21H2,1H3,(H,23,24);;;/q;2*-2;+4. The maximum absolute atomic E-state index is 10.4. The van der Waals surface area contributed by atoms with Gasteiger partial charge in [0.2, 0.25) is 0 Å². The molecule has 0 unspecified atom stereocenters. The van der Waals surface area contributed by atoms with Crippen LogP contribution in [0, 0.1) is 0 Å². The third-order valence-electron chi connectivity index (χ3n) is 4.99. The SMILES string of the molecule is CCCCCCCCCCCCCCCCCCCCCC(=O)O.[O-2].[O-2].[Ti+4]. The van der Waals surface area contributed by atoms with Crippen LogP contribution in [0.5, 0.6) is 0 Å². The number of hydrogen-bond acceptors (Lipinski definition) is 1. The van der Waals surface area contributed by atoms with Gasteiger partial charge in [0, 0.05) is 6.42 Å². The summed E-state index contributed by atoms with van der Waals surface area (Å²) in [5.41, 5.74) is 0. The smallest absolute Gasteiger partial charge is 2.00 e. The van der Waals surface area contributed by atoms with Crippen LogP contribution in [0.15, 0.2) is 0 Å². The van der Waals surface area contributed by atoms with E-state index in [0.717, 1.165) is 12.8 Å². The summed E-state index contributed by atoms with van der Waals surface area (Å²) in [6.45, 7) is 2.28. The van der Waals surface area contributed by atoms with E-state index >= 15 is 0 Å². The Kier molecular flexibility index (Phi) is 39.5. The van der Waals surface area contributed by atoms with Gasteiger partial charge in [-0.15, -0.1) is 0 Å². The van der Waals surface area contributed by atoms with Crippen molar-refractivity contribution >= 4 is 5.97 Å². The molecule has 0 amide bonds. The predicted octanol–water partition coefficient (Wildman–Crippen LogP) is 7.65.